The monoisotopic (exact) mass is 155 g/mol. The SMILES string of the molecule is N=CC(=O)O.OP(O)O. The number of hydrogen-bond donors (Lipinski definition) is 5. The summed E-state index contributed by atoms with van der Waals surface area (Å²) in [5.74, 6) is -1.20. The Morgan fingerprint density at radius 2 is 1.56 bits per heavy atom. The van der Waals surface area contributed by atoms with Crippen LogP contribution in [-0.4, -0.2) is 32.0 Å². The number of carbonyl (C=O) groups is 1. The van der Waals surface area contributed by atoms with Gasteiger partial charge in [0, 0.05) is 0 Å². The minimum atomic E-state index is -2.62. The predicted molar refractivity (Wildman–Crippen MR) is 30.0 cm³/mol. The molecule has 0 radical (unpaired) electrons. The highest BCUT2D eigenvalue weighted by Gasteiger charge is 1.76. The zero-order valence-electron chi connectivity index (χ0n) is 4.22. The van der Waals surface area contributed by atoms with E-state index in [1.807, 2.05) is 0 Å². The summed E-state index contributed by atoms with van der Waals surface area (Å²) in [5.41, 5.74) is 0. The van der Waals surface area contributed by atoms with Gasteiger partial charge in [0.25, 0.3) is 0 Å². The normalized spacial score (nSPS) is 7.56. The third-order valence-corrected chi connectivity index (χ3v) is 0.123. The van der Waals surface area contributed by atoms with E-state index in [4.69, 9.17) is 30.0 Å². The molecule has 54 valence electrons. The van der Waals surface area contributed by atoms with Crippen LogP contribution in [0, 0.1) is 5.41 Å². The van der Waals surface area contributed by atoms with E-state index in [1.165, 1.54) is 0 Å². The molecule has 0 atom stereocenters. The van der Waals surface area contributed by atoms with E-state index in [0.717, 1.165) is 0 Å². The van der Waals surface area contributed by atoms with E-state index in [1.54, 1.807) is 0 Å². The maximum Gasteiger partial charge on any atom is 0.346 e. The molecule has 0 rings (SSSR count). The maximum absolute atomic E-state index is 9.12. The van der Waals surface area contributed by atoms with Crippen LogP contribution in [0.4, 0.5) is 0 Å². The molecular weight excluding hydrogens is 149 g/mol. The molecule has 0 aliphatic rings. The molecule has 0 heterocycles. The Hall–Kier alpha value is -0.550. The highest BCUT2D eigenvalue weighted by molar-refractivity contribution is 7.38. The second-order valence-corrected chi connectivity index (χ2v) is 1.29. The van der Waals surface area contributed by atoms with Crippen molar-refractivity contribution in [3.63, 3.8) is 0 Å². The van der Waals surface area contributed by atoms with Crippen LogP contribution in [0.5, 0.6) is 0 Å². The molecule has 0 amide bonds. The van der Waals surface area contributed by atoms with Gasteiger partial charge >= 0.3 is 14.6 Å². The van der Waals surface area contributed by atoms with Gasteiger partial charge in [-0.25, -0.2) is 4.79 Å². The lowest BCUT2D eigenvalue weighted by Gasteiger charge is -1.76. The Kier molecular flexibility index (Phi) is 9.33. The summed E-state index contributed by atoms with van der Waals surface area (Å²) in [6, 6.07) is 0. The van der Waals surface area contributed by atoms with Gasteiger partial charge in [-0.2, -0.15) is 0 Å². The van der Waals surface area contributed by atoms with Crippen LogP contribution in [-0.2, 0) is 4.79 Å². The summed E-state index contributed by atoms with van der Waals surface area (Å²) in [4.78, 5) is 30.8. The van der Waals surface area contributed by atoms with Crippen molar-refractivity contribution in [3.8, 4) is 0 Å². The predicted octanol–water partition coefficient (Wildman–Crippen LogP) is -1.09. The average molecular weight is 155 g/mol. The molecule has 0 aliphatic heterocycles. The van der Waals surface area contributed by atoms with Gasteiger partial charge in [0.2, 0.25) is 0 Å². The summed E-state index contributed by atoms with van der Waals surface area (Å²) in [7, 11) is -2.62. The summed E-state index contributed by atoms with van der Waals surface area (Å²) < 4.78 is 0. The quantitative estimate of drug-likeness (QED) is 0.243. The van der Waals surface area contributed by atoms with Gasteiger partial charge in [-0.3, -0.25) is 0 Å². The first-order valence-corrected chi connectivity index (χ1v) is 2.81. The second-order valence-electron chi connectivity index (χ2n) is 0.751. The first-order valence-electron chi connectivity index (χ1n) is 1.61. The van der Waals surface area contributed by atoms with Gasteiger partial charge in [-0.1, -0.05) is 0 Å². The summed E-state index contributed by atoms with van der Waals surface area (Å²) >= 11 is 0. The second kappa shape index (κ2) is 7.45. The first-order chi connectivity index (χ1) is 4.00. The molecular formula is C2H6NO5P. The molecule has 0 bridgehead atoms. The lowest BCUT2D eigenvalue weighted by atomic mass is 10.8. The number of carboxylic acids is 1. The van der Waals surface area contributed by atoms with Crippen molar-refractivity contribution in [2.45, 2.75) is 0 Å². The minimum absolute atomic E-state index is 0.333. The third-order valence-electron chi connectivity index (χ3n) is 0.123. The number of carboxylic acid groups (broad SMARTS) is 1. The standard InChI is InChI=1S/C2H3NO2.H3O3P/c3-1-2(4)5;1-4(2)3/h1,3H,(H,4,5);1-3H. The molecule has 7 heteroatoms. The van der Waals surface area contributed by atoms with E-state index in [0.29, 0.717) is 6.21 Å². The molecule has 0 unspecified atom stereocenters. The topological polar surface area (TPSA) is 122 Å². The van der Waals surface area contributed by atoms with E-state index in [9.17, 15) is 0 Å². The smallest absolute Gasteiger partial charge is 0.346 e. The summed E-state index contributed by atoms with van der Waals surface area (Å²) in [6.07, 6.45) is 0.333. The van der Waals surface area contributed by atoms with Gasteiger partial charge in [-0.15, -0.1) is 0 Å². The Labute approximate surface area is 51.9 Å². The van der Waals surface area contributed by atoms with Gasteiger partial charge in [0.1, 0.15) is 6.21 Å². The fourth-order valence-electron chi connectivity index (χ4n) is 0. The Morgan fingerprint density at radius 3 is 1.56 bits per heavy atom. The summed E-state index contributed by atoms with van der Waals surface area (Å²) in [5, 5.41) is 13.4. The number of hydrogen-bond acceptors (Lipinski definition) is 5. The van der Waals surface area contributed by atoms with E-state index in [2.05, 4.69) is 0 Å². The first kappa shape index (κ1) is 11.3. The van der Waals surface area contributed by atoms with Crippen molar-refractivity contribution in [2.24, 2.45) is 0 Å². The lowest BCUT2D eigenvalue weighted by molar-refractivity contribution is -0.128. The lowest BCUT2D eigenvalue weighted by Crippen LogP contribution is -1.91. The third kappa shape index (κ3) is 105. The molecule has 0 aromatic carbocycles. The number of nitrogens with one attached hydrogen (secondary N) is 1. The number of rotatable bonds is 1. The molecule has 9 heavy (non-hydrogen) atoms. The van der Waals surface area contributed by atoms with Gasteiger partial charge in [0.15, 0.2) is 0 Å². The van der Waals surface area contributed by atoms with Crippen molar-refractivity contribution >= 4 is 20.8 Å². The molecule has 0 spiro atoms. The largest absolute Gasteiger partial charge is 0.477 e. The van der Waals surface area contributed by atoms with Crippen LogP contribution in [0.25, 0.3) is 0 Å². The summed E-state index contributed by atoms with van der Waals surface area (Å²) in [6.45, 7) is 0. The van der Waals surface area contributed by atoms with Gasteiger partial charge in [-0.05, 0) is 0 Å². The zero-order valence-corrected chi connectivity index (χ0v) is 5.12. The van der Waals surface area contributed by atoms with Crippen LogP contribution < -0.4 is 0 Å². The highest BCUT2D eigenvalue weighted by Crippen LogP contribution is 2.11. The highest BCUT2D eigenvalue weighted by atomic mass is 31.2. The van der Waals surface area contributed by atoms with Crippen molar-refractivity contribution in [3.05, 3.63) is 0 Å². The van der Waals surface area contributed by atoms with E-state index in [-0.39, 0.29) is 0 Å². The van der Waals surface area contributed by atoms with Crippen LogP contribution in [0.2, 0.25) is 0 Å². The molecule has 0 saturated heterocycles. The van der Waals surface area contributed by atoms with Gasteiger partial charge in [0.05, 0.1) is 0 Å². The van der Waals surface area contributed by atoms with Crippen molar-refractivity contribution in [2.75, 3.05) is 0 Å². The number of aliphatic carboxylic acids is 1. The molecule has 5 N–H and O–H groups in total. The Morgan fingerprint density at radius 1 is 1.44 bits per heavy atom. The van der Waals surface area contributed by atoms with E-state index < -0.39 is 14.6 Å². The van der Waals surface area contributed by atoms with Crippen LogP contribution in [0.1, 0.15) is 0 Å². The minimum Gasteiger partial charge on any atom is -0.477 e. The van der Waals surface area contributed by atoms with Crippen molar-refractivity contribution < 1.29 is 24.6 Å². The maximum atomic E-state index is 9.12. The van der Waals surface area contributed by atoms with Gasteiger partial charge < -0.3 is 25.2 Å². The molecule has 0 aliphatic carbocycles. The Balaban J connectivity index is 0. The Bertz CT molecular complexity index is 90.2. The molecule has 0 fully saturated rings. The molecule has 0 aromatic rings. The van der Waals surface area contributed by atoms with Crippen LogP contribution in [0.15, 0.2) is 0 Å². The van der Waals surface area contributed by atoms with Crippen LogP contribution >= 0.6 is 8.60 Å². The molecule has 0 aromatic heterocycles. The average Bonchev–Trinajstić information content (AvgIpc) is 1.65. The van der Waals surface area contributed by atoms with Crippen LogP contribution in [0.3, 0.4) is 0 Å². The fourth-order valence-corrected chi connectivity index (χ4v) is 0. The molecule has 0 saturated carbocycles. The van der Waals surface area contributed by atoms with E-state index >= 15 is 0 Å². The van der Waals surface area contributed by atoms with Crippen molar-refractivity contribution in [1.29, 1.82) is 5.41 Å². The zero-order chi connectivity index (χ0) is 7.86. The fraction of sp³-hybridized carbons (Fsp3) is 0. The molecule has 6 nitrogen and oxygen atoms in total. The van der Waals surface area contributed by atoms with Crippen molar-refractivity contribution in [1.82, 2.24) is 0 Å².